The molecular formula is C17H31N3O5S. The number of amides is 2. The molecule has 8 nitrogen and oxygen atoms in total. The van der Waals surface area contributed by atoms with Gasteiger partial charge in [-0.2, -0.15) is 4.31 Å². The van der Waals surface area contributed by atoms with Gasteiger partial charge in [-0.15, -0.1) is 0 Å². The van der Waals surface area contributed by atoms with Gasteiger partial charge in [0.05, 0.1) is 6.26 Å². The van der Waals surface area contributed by atoms with E-state index in [-0.39, 0.29) is 24.4 Å². The van der Waals surface area contributed by atoms with E-state index in [1.54, 1.807) is 14.1 Å². The fourth-order valence-electron chi connectivity index (χ4n) is 4.18. The maximum Gasteiger partial charge on any atom is 0.326 e. The lowest BCUT2D eigenvalue weighted by Crippen LogP contribution is -2.50. The molecule has 0 radical (unpaired) electrons. The van der Waals surface area contributed by atoms with Crippen molar-refractivity contribution in [2.45, 2.75) is 64.1 Å². The highest BCUT2D eigenvalue weighted by molar-refractivity contribution is 7.88. The van der Waals surface area contributed by atoms with Crippen LogP contribution < -0.4 is 0 Å². The van der Waals surface area contributed by atoms with Gasteiger partial charge in [0.2, 0.25) is 10.0 Å². The zero-order valence-electron chi connectivity index (χ0n) is 16.3. The molecule has 1 saturated carbocycles. The zero-order chi connectivity index (χ0) is 19.9. The molecule has 26 heavy (non-hydrogen) atoms. The number of likely N-dealkylation sites (tertiary alicyclic amines) is 1. The second-order valence-corrected chi connectivity index (χ2v) is 10.4. The van der Waals surface area contributed by atoms with E-state index in [1.165, 1.54) is 20.4 Å². The summed E-state index contributed by atoms with van der Waals surface area (Å²) in [5, 5.41) is 9.52. The van der Waals surface area contributed by atoms with Gasteiger partial charge in [0.1, 0.15) is 6.04 Å². The molecule has 0 spiro atoms. The van der Waals surface area contributed by atoms with Crippen LogP contribution in [-0.4, -0.2) is 84.7 Å². The predicted molar refractivity (Wildman–Crippen MR) is 98.3 cm³/mol. The summed E-state index contributed by atoms with van der Waals surface area (Å²) in [5.74, 6) is -1.10. The van der Waals surface area contributed by atoms with Crippen LogP contribution in [0.1, 0.15) is 46.0 Å². The van der Waals surface area contributed by atoms with Gasteiger partial charge in [-0.05, 0) is 37.5 Å². The SMILES string of the molecule is CN(C)C(=O)N1C[C@@H](N(C2CCC(C)(C)CC2)S(C)(=O)=O)C[C@H]1C(=O)O. The third-order valence-corrected chi connectivity index (χ3v) is 6.97. The maximum absolute atomic E-state index is 12.5. The number of hydrogen-bond donors (Lipinski definition) is 1. The molecule has 0 aromatic carbocycles. The highest BCUT2D eigenvalue weighted by Gasteiger charge is 2.47. The summed E-state index contributed by atoms with van der Waals surface area (Å²) < 4.78 is 26.5. The second kappa shape index (κ2) is 7.34. The van der Waals surface area contributed by atoms with Crippen LogP contribution in [0.3, 0.4) is 0 Å². The Labute approximate surface area is 156 Å². The average Bonchev–Trinajstić information content (AvgIpc) is 2.91. The molecule has 0 aromatic rings. The Kier molecular flexibility index (Phi) is 5.92. The maximum atomic E-state index is 12.5. The Morgan fingerprint density at radius 1 is 1.12 bits per heavy atom. The number of carbonyl (C=O) groups is 2. The summed E-state index contributed by atoms with van der Waals surface area (Å²) >= 11 is 0. The molecule has 0 aromatic heterocycles. The van der Waals surface area contributed by atoms with Crippen molar-refractivity contribution >= 4 is 22.0 Å². The van der Waals surface area contributed by atoms with Crippen LogP contribution in [0, 0.1) is 5.41 Å². The quantitative estimate of drug-likeness (QED) is 0.784. The molecule has 2 fully saturated rings. The van der Waals surface area contributed by atoms with E-state index >= 15 is 0 Å². The van der Waals surface area contributed by atoms with Crippen molar-refractivity contribution in [2.24, 2.45) is 5.41 Å². The normalized spacial score (nSPS) is 26.9. The van der Waals surface area contributed by atoms with E-state index in [9.17, 15) is 23.1 Å². The van der Waals surface area contributed by atoms with Crippen molar-refractivity contribution in [3.8, 4) is 0 Å². The number of urea groups is 1. The Morgan fingerprint density at radius 3 is 2.08 bits per heavy atom. The smallest absolute Gasteiger partial charge is 0.326 e. The number of aliphatic carboxylic acids is 1. The van der Waals surface area contributed by atoms with E-state index in [0.717, 1.165) is 25.7 Å². The molecule has 150 valence electrons. The Bertz CT molecular complexity index is 651. The number of carboxylic acids is 1. The van der Waals surface area contributed by atoms with Crippen LogP contribution in [-0.2, 0) is 14.8 Å². The first-order chi connectivity index (χ1) is 11.8. The Balaban J connectivity index is 2.26. The molecular weight excluding hydrogens is 358 g/mol. The molecule has 2 rings (SSSR count). The van der Waals surface area contributed by atoms with Gasteiger partial charge in [0, 0.05) is 32.7 Å². The Hall–Kier alpha value is -1.35. The fraction of sp³-hybridized carbons (Fsp3) is 0.882. The van der Waals surface area contributed by atoms with Crippen LogP contribution in [0.4, 0.5) is 4.79 Å². The zero-order valence-corrected chi connectivity index (χ0v) is 17.1. The van der Waals surface area contributed by atoms with Crippen molar-refractivity contribution in [2.75, 3.05) is 26.9 Å². The number of carboxylic acid groups (broad SMARTS) is 1. The minimum Gasteiger partial charge on any atom is -0.480 e. The van der Waals surface area contributed by atoms with Gasteiger partial charge in [-0.25, -0.2) is 18.0 Å². The molecule has 2 amide bonds. The van der Waals surface area contributed by atoms with E-state index in [4.69, 9.17) is 0 Å². The van der Waals surface area contributed by atoms with Gasteiger partial charge in [-0.1, -0.05) is 13.8 Å². The first kappa shape index (κ1) is 21.0. The summed E-state index contributed by atoms with van der Waals surface area (Å²) in [7, 11) is -0.392. The monoisotopic (exact) mass is 389 g/mol. The molecule has 2 aliphatic rings. The summed E-state index contributed by atoms with van der Waals surface area (Å²) in [6.07, 6.45) is 4.69. The topological polar surface area (TPSA) is 98.2 Å². The Morgan fingerprint density at radius 2 is 1.65 bits per heavy atom. The summed E-state index contributed by atoms with van der Waals surface area (Å²) in [6.45, 7) is 4.48. The molecule has 0 unspecified atom stereocenters. The molecule has 1 heterocycles. The van der Waals surface area contributed by atoms with Crippen LogP contribution in [0.25, 0.3) is 0 Å². The van der Waals surface area contributed by atoms with Crippen molar-refractivity contribution in [3.05, 3.63) is 0 Å². The molecule has 1 aliphatic heterocycles. The number of sulfonamides is 1. The highest BCUT2D eigenvalue weighted by atomic mass is 32.2. The lowest BCUT2D eigenvalue weighted by Gasteiger charge is -2.41. The van der Waals surface area contributed by atoms with E-state index < -0.39 is 34.1 Å². The lowest BCUT2D eigenvalue weighted by atomic mass is 9.75. The van der Waals surface area contributed by atoms with Crippen LogP contribution >= 0.6 is 0 Å². The number of hydrogen-bond acceptors (Lipinski definition) is 4. The number of nitrogens with zero attached hydrogens (tertiary/aromatic N) is 3. The molecule has 1 aliphatic carbocycles. The summed E-state index contributed by atoms with van der Waals surface area (Å²) in [4.78, 5) is 26.6. The summed E-state index contributed by atoms with van der Waals surface area (Å²) in [6, 6.07) is -2.04. The van der Waals surface area contributed by atoms with Crippen LogP contribution in [0.2, 0.25) is 0 Å². The molecule has 9 heteroatoms. The lowest BCUT2D eigenvalue weighted by molar-refractivity contribution is -0.141. The molecule has 1 N–H and O–H groups in total. The van der Waals surface area contributed by atoms with Crippen LogP contribution in [0.5, 0.6) is 0 Å². The second-order valence-electron chi connectivity index (χ2n) is 8.56. The van der Waals surface area contributed by atoms with Crippen molar-refractivity contribution in [1.29, 1.82) is 0 Å². The molecule has 1 saturated heterocycles. The molecule has 2 atom stereocenters. The first-order valence-electron chi connectivity index (χ1n) is 9.03. The van der Waals surface area contributed by atoms with Crippen LogP contribution in [0.15, 0.2) is 0 Å². The highest BCUT2D eigenvalue weighted by Crippen LogP contribution is 2.39. The van der Waals surface area contributed by atoms with Gasteiger partial charge in [0.15, 0.2) is 0 Å². The largest absolute Gasteiger partial charge is 0.480 e. The van der Waals surface area contributed by atoms with Gasteiger partial charge in [0.25, 0.3) is 0 Å². The van der Waals surface area contributed by atoms with Crippen molar-refractivity contribution in [3.63, 3.8) is 0 Å². The number of carbonyl (C=O) groups excluding carboxylic acids is 1. The van der Waals surface area contributed by atoms with Gasteiger partial charge >= 0.3 is 12.0 Å². The molecule has 0 bridgehead atoms. The van der Waals surface area contributed by atoms with E-state index in [1.807, 2.05) is 0 Å². The van der Waals surface area contributed by atoms with E-state index in [2.05, 4.69) is 13.8 Å². The summed E-state index contributed by atoms with van der Waals surface area (Å²) in [5.41, 5.74) is 0.200. The third-order valence-electron chi connectivity index (χ3n) is 5.60. The minimum absolute atomic E-state index is 0.112. The van der Waals surface area contributed by atoms with E-state index in [0.29, 0.717) is 0 Å². The van der Waals surface area contributed by atoms with Crippen molar-refractivity contribution < 1.29 is 23.1 Å². The standard InChI is InChI=1S/C17H31N3O5S/c1-17(2)8-6-12(7-9-17)20(26(5,24)25)13-10-14(15(21)22)19(11-13)16(23)18(3)4/h12-14H,6-11H2,1-5H3,(H,21,22)/t13-,14-/m0/s1. The van der Waals surface area contributed by atoms with Gasteiger partial charge < -0.3 is 14.9 Å². The van der Waals surface area contributed by atoms with Gasteiger partial charge in [-0.3, -0.25) is 0 Å². The first-order valence-corrected chi connectivity index (χ1v) is 10.9. The fourth-order valence-corrected chi connectivity index (χ4v) is 5.63. The predicted octanol–water partition coefficient (Wildman–Crippen LogP) is 1.43. The van der Waals surface area contributed by atoms with Crippen molar-refractivity contribution in [1.82, 2.24) is 14.1 Å². The minimum atomic E-state index is -3.51. The third kappa shape index (κ3) is 4.49. The number of rotatable bonds is 4. The average molecular weight is 390 g/mol.